The Hall–Kier alpha value is -0.860. The molecule has 0 aliphatic carbocycles. The van der Waals surface area contributed by atoms with E-state index >= 15 is 0 Å². The molecule has 116 valence electrons. The molecular formula is C13H25IN4O2. The van der Waals surface area contributed by atoms with Gasteiger partial charge in [-0.2, -0.15) is 0 Å². The lowest BCUT2D eigenvalue weighted by Gasteiger charge is -2.25. The number of halogens is 1. The zero-order valence-electron chi connectivity index (χ0n) is 12.3. The van der Waals surface area contributed by atoms with Gasteiger partial charge in [0.2, 0.25) is 11.8 Å². The van der Waals surface area contributed by atoms with Crippen LogP contribution in [-0.4, -0.2) is 48.9 Å². The van der Waals surface area contributed by atoms with E-state index in [0.29, 0.717) is 32.4 Å². The highest BCUT2D eigenvalue weighted by Crippen LogP contribution is 2.11. The maximum Gasteiger partial charge on any atom is 0.229 e. The second-order valence-corrected chi connectivity index (χ2v) is 4.48. The molecule has 0 aromatic heterocycles. The van der Waals surface area contributed by atoms with Gasteiger partial charge in [0.1, 0.15) is 0 Å². The molecule has 1 fully saturated rings. The van der Waals surface area contributed by atoms with Crippen molar-refractivity contribution in [1.82, 2.24) is 15.5 Å². The first-order chi connectivity index (χ1) is 9.19. The van der Waals surface area contributed by atoms with Crippen molar-refractivity contribution in [2.24, 2.45) is 4.99 Å². The molecule has 1 heterocycles. The standard InChI is InChI=1S/C13H24N4O2.HI/c1-3-8-15-13(14-4-2)16-9-10-17-11(18)6-5-7-12(17)19;/h3-10H2,1-2H3,(H2,14,15,16);1H. The molecule has 0 saturated carbocycles. The molecule has 1 rings (SSSR count). The normalized spacial score (nSPS) is 15.9. The molecule has 0 unspecified atom stereocenters. The van der Waals surface area contributed by atoms with E-state index in [1.807, 2.05) is 6.92 Å². The van der Waals surface area contributed by atoms with Gasteiger partial charge in [-0.15, -0.1) is 24.0 Å². The van der Waals surface area contributed by atoms with Gasteiger partial charge in [0.05, 0.1) is 0 Å². The smallest absolute Gasteiger partial charge is 0.229 e. The molecule has 0 aromatic rings. The minimum Gasteiger partial charge on any atom is -0.357 e. The molecule has 0 bridgehead atoms. The zero-order chi connectivity index (χ0) is 14.1. The number of rotatable bonds is 6. The first kappa shape index (κ1) is 19.1. The number of nitrogens with one attached hydrogen (secondary N) is 2. The van der Waals surface area contributed by atoms with E-state index in [-0.39, 0.29) is 35.8 Å². The predicted molar refractivity (Wildman–Crippen MR) is 90.3 cm³/mol. The van der Waals surface area contributed by atoms with Crippen LogP contribution in [0.25, 0.3) is 0 Å². The lowest BCUT2D eigenvalue weighted by Crippen LogP contribution is -2.46. The SMILES string of the molecule is CCCN=C(NCC)NCCN1C(=O)CCCC1=O.I. The van der Waals surface area contributed by atoms with E-state index < -0.39 is 0 Å². The first-order valence-corrected chi connectivity index (χ1v) is 7.04. The average Bonchev–Trinajstić information content (AvgIpc) is 2.39. The number of hydrogen-bond donors (Lipinski definition) is 2. The van der Waals surface area contributed by atoms with Crippen molar-refractivity contribution >= 4 is 41.8 Å². The van der Waals surface area contributed by atoms with Crippen LogP contribution in [-0.2, 0) is 9.59 Å². The van der Waals surface area contributed by atoms with Gasteiger partial charge in [-0.1, -0.05) is 6.92 Å². The summed E-state index contributed by atoms with van der Waals surface area (Å²) in [4.78, 5) is 28.9. The number of hydrogen-bond acceptors (Lipinski definition) is 3. The summed E-state index contributed by atoms with van der Waals surface area (Å²) in [5.74, 6) is 0.614. The summed E-state index contributed by atoms with van der Waals surface area (Å²) in [5, 5.41) is 6.26. The molecule has 1 saturated heterocycles. The highest BCUT2D eigenvalue weighted by atomic mass is 127. The Morgan fingerprint density at radius 1 is 1.20 bits per heavy atom. The van der Waals surface area contributed by atoms with Crippen molar-refractivity contribution in [2.75, 3.05) is 26.2 Å². The van der Waals surface area contributed by atoms with Crippen LogP contribution < -0.4 is 10.6 Å². The number of piperidine rings is 1. The summed E-state index contributed by atoms with van der Waals surface area (Å²) in [7, 11) is 0. The van der Waals surface area contributed by atoms with Crippen LogP contribution in [0.4, 0.5) is 0 Å². The highest BCUT2D eigenvalue weighted by Gasteiger charge is 2.25. The second kappa shape index (κ2) is 10.9. The Labute approximate surface area is 137 Å². The molecule has 0 aromatic carbocycles. The van der Waals surface area contributed by atoms with Crippen LogP contribution in [0.2, 0.25) is 0 Å². The molecule has 6 nitrogen and oxygen atoms in total. The zero-order valence-corrected chi connectivity index (χ0v) is 14.6. The second-order valence-electron chi connectivity index (χ2n) is 4.48. The van der Waals surface area contributed by atoms with Gasteiger partial charge in [0.15, 0.2) is 5.96 Å². The maximum atomic E-state index is 11.6. The third kappa shape index (κ3) is 6.53. The summed E-state index contributed by atoms with van der Waals surface area (Å²) in [6, 6.07) is 0. The van der Waals surface area contributed by atoms with Gasteiger partial charge < -0.3 is 10.6 Å². The van der Waals surface area contributed by atoms with E-state index in [9.17, 15) is 9.59 Å². The molecule has 1 aliphatic rings. The molecule has 1 aliphatic heterocycles. The molecule has 0 radical (unpaired) electrons. The molecular weight excluding hydrogens is 371 g/mol. The number of guanidine groups is 1. The Kier molecular flexibility index (Phi) is 10.4. The van der Waals surface area contributed by atoms with Crippen LogP contribution in [0.3, 0.4) is 0 Å². The Morgan fingerprint density at radius 2 is 1.85 bits per heavy atom. The number of carbonyl (C=O) groups excluding carboxylic acids is 2. The van der Waals surface area contributed by atoms with Crippen molar-refractivity contribution in [1.29, 1.82) is 0 Å². The number of nitrogens with zero attached hydrogens (tertiary/aromatic N) is 2. The molecule has 0 spiro atoms. The Balaban J connectivity index is 0.00000361. The predicted octanol–water partition coefficient (Wildman–Crippen LogP) is 1.11. The van der Waals surface area contributed by atoms with Crippen LogP contribution in [0.1, 0.15) is 39.5 Å². The lowest BCUT2D eigenvalue weighted by molar-refractivity contribution is -0.147. The summed E-state index contributed by atoms with van der Waals surface area (Å²) < 4.78 is 0. The first-order valence-electron chi connectivity index (χ1n) is 7.04. The van der Waals surface area contributed by atoms with Gasteiger partial charge >= 0.3 is 0 Å². The van der Waals surface area contributed by atoms with Crippen molar-refractivity contribution in [3.8, 4) is 0 Å². The molecule has 0 atom stereocenters. The molecule has 2 N–H and O–H groups in total. The van der Waals surface area contributed by atoms with Gasteiger partial charge in [-0.3, -0.25) is 19.5 Å². The quantitative estimate of drug-likeness (QED) is 0.305. The van der Waals surface area contributed by atoms with Crippen molar-refractivity contribution in [3.05, 3.63) is 0 Å². The number of amides is 2. The van der Waals surface area contributed by atoms with Crippen molar-refractivity contribution < 1.29 is 9.59 Å². The molecule has 20 heavy (non-hydrogen) atoms. The van der Waals surface area contributed by atoms with E-state index in [4.69, 9.17) is 0 Å². The lowest BCUT2D eigenvalue weighted by atomic mass is 10.1. The number of likely N-dealkylation sites (tertiary alicyclic amines) is 1. The number of carbonyl (C=O) groups is 2. The third-order valence-corrected chi connectivity index (χ3v) is 2.85. The van der Waals surface area contributed by atoms with Crippen molar-refractivity contribution in [2.45, 2.75) is 39.5 Å². The van der Waals surface area contributed by atoms with Crippen LogP contribution in [0.15, 0.2) is 4.99 Å². The van der Waals surface area contributed by atoms with Crippen LogP contribution in [0, 0.1) is 0 Å². The van der Waals surface area contributed by atoms with Crippen LogP contribution >= 0.6 is 24.0 Å². The van der Waals surface area contributed by atoms with Crippen LogP contribution in [0.5, 0.6) is 0 Å². The van der Waals surface area contributed by atoms with Gasteiger partial charge in [-0.25, -0.2) is 0 Å². The fraction of sp³-hybridized carbons (Fsp3) is 0.769. The van der Waals surface area contributed by atoms with Gasteiger partial charge in [0, 0.05) is 39.0 Å². The maximum absolute atomic E-state index is 11.6. The average molecular weight is 396 g/mol. The van der Waals surface area contributed by atoms with Gasteiger partial charge in [-0.05, 0) is 19.8 Å². The van der Waals surface area contributed by atoms with Crippen molar-refractivity contribution in [3.63, 3.8) is 0 Å². The highest BCUT2D eigenvalue weighted by molar-refractivity contribution is 14.0. The molecule has 2 amide bonds. The molecule has 7 heteroatoms. The number of aliphatic imine (C=N–C) groups is 1. The fourth-order valence-corrected chi connectivity index (χ4v) is 1.90. The van der Waals surface area contributed by atoms with E-state index in [0.717, 1.165) is 25.5 Å². The van der Waals surface area contributed by atoms with E-state index in [1.54, 1.807) is 0 Å². The Morgan fingerprint density at radius 3 is 2.40 bits per heavy atom. The summed E-state index contributed by atoms with van der Waals surface area (Å²) in [6.07, 6.45) is 2.63. The third-order valence-electron chi connectivity index (χ3n) is 2.85. The fourth-order valence-electron chi connectivity index (χ4n) is 1.90. The van der Waals surface area contributed by atoms with E-state index in [2.05, 4.69) is 22.5 Å². The minimum absolute atomic E-state index is 0. The topological polar surface area (TPSA) is 73.8 Å². The summed E-state index contributed by atoms with van der Waals surface area (Å²) in [5.41, 5.74) is 0. The monoisotopic (exact) mass is 396 g/mol. The summed E-state index contributed by atoms with van der Waals surface area (Å²) >= 11 is 0. The summed E-state index contributed by atoms with van der Waals surface area (Å²) in [6.45, 7) is 6.56. The Bertz CT molecular complexity index is 331. The minimum atomic E-state index is -0.0615. The van der Waals surface area contributed by atoms with E-state index in [1.165, 1.54) is 4.90 Å². The van der Waals surface area contributed by atoms with Gasteiger partial charge in [0.25, 0.3) is 0 Å². The number of imide groups is 1. The largest absolute Gasteiger partial charge is 0.357 e.